The van der Waals surface area contributed by atoms with E-state index in [0.29, 0.717) is 3.74 Å². The third-order valence-electron chi connectivity index (χ3n) is 0.962. The SMILES string of the molecule is CC(C)CCC(Br)Br. The van der Waals surface area contributed by atoms with Gasteiger partial charge >= 0.3 is 0 Å². The van der Waals surface area contributed by atoms with Gasteiger partial charge in [-0.05, 0) is 18.8 Å². The lowest BCUT2D eigenvalue weighted by atomic mass is 10.1. The van der Waals surface area contributed by atoms with Crippen LogP contribution in [0.25, 0.3) is 0 Å². The fraction of sp³-hybridized carbons (Fsp3) is 1.00. The monoisotopic (exact) mass is 242 g/mol. The molecule has 2 heteroatoms. The number of halogens is 2. The Morgan fingerprint density at radius 1 is 1.12 bits per heavy atom. The quantitative estimate of drug-likeness (QED) is 0.666. The molecular formula is C6H12Br2. The van der Waals surface area contributed by atoms with Gasteiger partial charge in [0.15, 0.2) is 0 Å². The van der Waals surface area contributed by atoms with E-state index in [1.165, 1.54) is 12.8 Å². The summed E-state index contributed by atoms with van der Waals surface area (Å²) in [5.41, 5.74) is 0. The summed E-state index contributed by atoms with van der Waals surface area (Å²) in [6.45, 7) is 4.48. The predicted molar refractivity (Wildman–Crippen MR) is 45.7 cm³/mol. The molecule has 0 saturated heterocycles. The average Bonchev–Trinajstić information content (AvgIpc) is 1.61. The minimum atomic E-state index is 0.511. The van der Waals surface area contributed by atoms with Crippen molar-refractivity contribution in [2.75, 3.05) is 0 Å². The number of hydrogen-bond donors (Lipinski definition) is 0. The van der Waals surface area contributed by atoms with Gasteiger partial charge < -0.3 is 0 Å². The van der Waals surface area contributed by atoms with E-state index in [4.69, 9.17) is 0 Å². The first-order valence-electron chi connectivity index (χ1n) is 2.91. The van der Waals surface area contributed by atoms with Crippen molar-refractivity contribution in [3.8, 4) is 0 Å². The summed E-state index contributed by atoms with van der Waals surface area (Å²) in [5.74, 6) is 0.826. The molecule has 0 aliphatic carbocycles. The van der Waals surface area contributed by atoms with Crippen molar-refractivity contribution in [2.45, 2.75) is 30.4 Å². The molecule has 0 nitrogen and oxygen atoms in total. The molecule has 0 aromatic rings. The Morgan fingerprint density at radius 3 is 1.75 bits per heavy atom. The van der Waals surface area contributed by atoms with Crippen LogP contribution in [-0.2, 0) is 0 Å². The summed E-state index contributed by atoms with van der Waals surface area (Å²) in [6.07, 6.45) is 2.51. The summed E-state index contributed by atoms with van der Waals surface area (Å²) in [6, 6.07) is 0. The second-order valence-corrected chi connectivity index (χ2v) is 5.80. The second-order valence-electron chi connectivity index (χ2n) is 2.36. The van der Waals surface area contributed by atoms with Crippen LogP contribution in [0.15, 0.2) is 0 Å². The highest BCUT2D eigenvalue weighted by molar-refractivity contribution is 9.24. The Bertz CT molecular complexity index is 42.5. The Kier molecular flexibility index (Phi) is 5.38. The Labute approximate surface area is 68.3 Å². The minimum Gasteiger partial charge on any atom is -0.0765 e. The van der Waals surface area contributed by atoms with Gasteiger partial charge in [-0.2, -0.15) is 0 Å². The lowest BCUT2D eigenvalue weighted by Crippen LogP contribution is -1.91. The van der Waals surface area contributed by atoms with E-state index < -0.39 is 0 Å². The zero-order valence-corrected chi connectivity index (χ0v) is 8.50. The molecule has 50 valence electrons. The van der Waals surface area contributed by atoms with E-state index in [1.807, 2.05) is 0 Å². The summed E-state index contributed by atoms with van der Waals surface area (Å²) < 4.78 is 0.511. The molecule has 8 heavy (non-hydrogen) atoms. The third kappa shape index (κ3) is 6.96. The van der Waals surface area contributed by atoms with Gasteiger partial charge in [0.1, 0.15) is 0 Å². The zero-order valence-electron chi connectivity index (χ0n) is 5.32. The molecule has 0 unspecified atom stereocenters. The van der Waals surface area contributed by atoms with Crippen molar-refractivity contribution in [3.05, 3.63) is 0 Å². The van der Waals surface area contributed by atoms with Gasteiger partial charge in [-0.25, -0.2) is 0 Å². The van der Waals surface area contributed by atoms with Gasteiger partial charge in [0, 0.05) is 0 Å². The molecule has 0 heterocycles. The lowest BCUT2D eigenvalue weighted by Gasteiger charge is -2.03. The topological polar surface area (TPSA) is 0 Å². The maximum absolute atomic E-state index is 3.42. The van der Waals surface area contributed by atoms with Crippen molar-refractivity contribution in [2.24, 2.45) is 5.92 Å². The normalized spacial score (nSPS) is 11.2. The van der Waals surface area contributed by atoms with Crippen molar-refractivity contribution >= 4 is 31.9 Å². The second kappa shape index (κ2) is 4.80. The van der Waals surface area contributed by atoms with E-state index in [0.717, 1.165) is 5.92 Å². The van der Waals surface area contributed by atoms with Gasteiger partial charge in [0.05, 0.1) is 3.74 Å². The molecule has 0 N–H and O–H groups in total. The predicted octanol–water partition coefficient (Wildman–Crippen LogP) is 3.54. The third-order valence-corrected chi connectivity index (χ3v) is 1.88. The van der Waals surface area contributed by atoms with Crippen LogP contribution in [0.2, 0.25) is 0 Å². The molecule has 0 aliphatic heterocycles. The highest BCUT2D eigenvalue weighted by atomic mass is 79.9. The van der Waals surface area contributed by atoms with Crippen LogP contribution in [0.1, 0.15) is 26.7 Å². The van der Waals surface area contributed by atoms with E-state index in [2.05, 4.69) is 45.7 Å². The number of alkyl halides is 2. The molecule has 0 radical (unpaired) electrons. The van der Waals surface area contributed by atoms with Crippen LogP contribution in [-0.4, -0.2) is 3.74 Å². The molecule has 0 aliphatic rings. The van der Waals surface area contributed by atoms with E-state index in [9.17, 15) is 0 Å². The molecule has 0 saturated carbocycles. The van der Waals surface area contributed by atoms with Crippen LogP contribution < -0.4 is 0 Å². The van der Waals surface area contributed by atoms with Gasteiger partial charge in [-0.3, -0.25) is 0 Å². The number of rotatable bonds is 3. The van der Waals surface area contributed by atoms with Crippen LogP contribution in [0, 0.1) is 5.92 Å². The van der Waals surface area contributed by atoms with Crippen molar-refractivity contribution in [1.29, 1.82) is 0 Å². The molecular weight excluding hydrogens is 232 g/mol. The summed E-state index contributed by atoms with van der Waals surface area (Å²) >= 11 is 6.84. The smallest absolute Gasteiger partial charge is 0.0698 e. The highest BCUT2D eigenvalue weighted by Crippen LogP contribution is 2.17. The van der Waals surface area contributed by atoms with Crippen LogP contribution in [0.5, 0.6) is 0 Å². The summed E-state index contributed by atoms with van der Waals surface area (Å²) in [7, 11) is 0. The zero-order chi connectivity index (χ0) is 6.57. The fourth-order valence-electron chi connectivity index (χ4n) is 0.459. The first-order chi connectivity index (χ1) is 3.63. The van der Waals surface area contributed by atoms with Crippen molar-refractivity contribution in [1.82, 2.24) is 0 Å². The molecule has 0 rings (SSSR count). The Balaban J connectivity index is 2.93. The average molecular weight is 244 g/mol. The molecule has 0 amide bonds. The Morgan fingerprint density at radius 2 is 1.62 bits per heavy atom. The van der Waals surface area contributed by atoms with E-state index in [-0.39, 0.29) is 0 Å². The summed E-state index contributed by atoms with van der Waals surface area (Å²) in [4.78, 5) is 0. The molecule has 0 fully saturated rings. The van der Waals surface area contributed by atoms with Gasteiger partial charge in [0.2, 0.25) is 0 Å². The van der Waals surface area contributed by atoms with Gasteiger partial charge in [0.25, 0.3) is 0 Å². The molecule has 0 aromatic carbocycles. The summed E-state index contributed by atoms with van der Waals surface area (Å²) in [5, 5.41) is 0. The van der Waals surface area contributed by atoms with Crippen LogP contribution >= 0.6 is 31.9 Å². The lowest BCUT2D eigenvalue weighted by molar-refractivity contribution is 0.576. The van der Waals surface area contributed by atoms with E-state index >= 15 is 0 Å². The highest BCUT2D eigenvalue weighted by Gasteiger charge is 1.98. The molecule has 0 atom stereocenters. The van der Waals surface area contributed by atoms with Gasteiger partial charge in [-0.1, -0.05) is 45.7 Å². The minimum absolute atomic E-state index is 0.511. The molecule has 0 spiro atoms. The van der Waals surface area contributed by atoms with Gasteiger partial charge in [-0.15, -0.1) is 0 Å². The maximum atomic E-state index is 3.42. The van der Waals surface area contributed by atoms with Crippen molar-refractivity contribution in [3.63, 3.8) is 0 Å². The number of hydrogen-bond acceptors (Lipinski definition) is 0. The maximum Gasteiger partial charge on any atom is 0.0698 e. The van der Waals surface area contributed by atoms with Crippen LogP contribution in [0.3, 0.4) is 0 Å². The fourth-order valence-corrected chi connectivity index (χ4v) is 0.988. The first-order valence-corrected chi connectivity index (χ1v) is 4.74. The molecule has 0 aromatic heterocycles. The largest absolute Gasteiger partial charge is 0.0765 e. The molecule has 0 bridgehead atoms. The van der Waals surface area contributed by atoms with Crippen molar-refractivity contribution < 1.29 is 0 Å². The van der Waals surface area contributed by atoms with E-state index in [1.54, 1.807) is 0 Å². The van der Waals surface area contributed by atoms with Crippen LogP contribution in [0.4, 0.5) is 0 Å². The standard InChI is InChI=1S/C6H12Br2/c1-5(2)3-4-6(7)8/h5-6H,3-4H2,1-2H3. The first kappa shape index (κ1) is 8.96. The Hall–Kier alpha value is 0.960.